The standard InChI is InChI=1S/C18H18ClN3O4/c1-3-4-17(23)21-13-5-6-14(19)15(9-13)20-10-12-7-11(2)8-16(18(12)24)22(25)26/h5-10,24H,3-4H2,1-2H3,(H,21,23). The molecule has 0 saturated heterocycles. The zero-order valence-electron chi connectivity index (χ0n) is 14.3. The summed E-state index contributed by atoms with van der Waals surface area (Å²) in [6, 6.07) is 7.70. The Morgan fingerprint density at radius 3 is 2.77 bits per heavy atom. The molecular weight excluding hydrogens is 358 g/mol. The van der Waals surface area contributed by atoms with E-state index in [1.165, 1.54) is 12.3 Å². The molecule has 2 N–H and O–H groups in total. The van der Waals surface area contributed by atoms with Gasteiger partial charge in [0.1, 0.15) is 0 Å². The van der Waals surface area contributed by atoms with Crippen molar-refractivity contribution in [3.63, 3.8) is 0 Å². The third kappa shape index (κ3) is 4.80. The highest BCUT2D eigenvalue weighted by atomic mass is 35.5. The van der Waals surface area contributed by atoms with E-state index in [-0.39, 0.29) is 11.5 Å². The quantitative estimate of drug-likeness (QED) is 0.431. The van der Waals surface area contributed by atoms with Gasteiger partial charge in [0.2, 0.25) is 11.7 Å². The normalized spacial score (nSPS) is 10.9. The molecule has 0 aliphatic carbocycles. The number of benzene rings is 2. The largest absolute Gasteiger partial charge is 0.502 e. The maximum atomic E-state index is 11.7. The summed E-state index contributed by atoms with van der Waals surface area (Å²) in [7, 11) is 0. The molecule has 1 amide bonds. The van der Waals surface area contributed by atoms with Crippen LogP contribution in [-0.4, -0.2) is 22.2 Å². The number of carbonyl (C=O) groups excluding carboxylic acids is 1. The van der Waals surface area contributed by atoms with Gasteiger partial charge >= 0.3 is 5.69 Å². The van der Waals surface area contributed by atoms with Crippen molar-refractivity contribution in [2.45, 2.75) is 26.7 Å². The van der Waals surface area contributed by atoms with Gasteiger partial charge < -0.3 is 10.4 Å². The van der Waals surface area contributed by atoms with Crippen LogP contribution in [0.15, 0.2) is 35.3 Å². The number of aromatic hydroxyl groups is 1. The van der Waals surface area contributed by atoms with E-state index >= 15 is 0 Å². The van der Waals surface area contributed by atoms with E-state index < -0.39 is 16.4 Å². The van der Waals surface area contributed by atoms with Gasteiger partial charge in [0.25, 0.3) is 0 Å². The van der Waals surface area contributed by atoms with Crippen LogP contribution in [0.4, 0.5) is 17.1 Å². The fourth-order valence-corrected chi connectivity index (χ4v) is 2.47. The minimum Gasteiger partial charge on any atom is -0.502 e. The highest BCUT2D eigenvalue weighted by Gasteiger charge is 2.17. The minimum absolute atomic E-state index is 0.114. The number of hydrogen-bond donors (Lipinski definition) is 2. The Morgan fingerprint density at radius 1 is 1.38 bits per heavy atom. The first-order valence-electron chi connectivity index (χ1n) is 7.93. The summed E-state index contributed by atoms with van der Waals surface area (Å²) in [6.07, 6.45) is 2.44. The second-order valence-electron chi connectivity index (χ2n) is 5.70. The molecule has 2 aromatic rings. The number of phenolic OH excluding ortho intramolecular Hbond substituents is 1. The van der Waals surface area contributed by atoms with E-state index in [9.17, 15) is 20.0 Å². The van der Waals surface area contributed by atoms with Crippen molar-refractivity contribution < 1.29 is 14.8 Å². The molecule has 8 heteroatoms. The SMILES string of the molecule is CCCC(=O)Nc1ccc(Cl)c(N=Cc2cc(C)cc([N+](=O)[O-])c2O)c1. The van der Waals surface area contributed by atoms with Crippen LogP contribution in [0.1, 0.15) is 30.9 Å². The molecular formula is C18H18ClN3O4. The van der Waals surface area contributed by atoms with Crippen molar-refractivity contribution in [3.05, 3.63) is 56.6 Å². The lowest BCUT2D eigenvalue weighted by Gasteiger charge is -2.07. The fourth-order valence-electron chi connectivity index (χ4n) is 2.30. The predicted octanol–water partition coefficient (Wildman–Crippen LogP) is 4.75. The van der Waals surface area contributed by atoms with Crippen LogP contribution in [0, 0.1) is 17.0 Å². The number of nitrogens with zero attached hydrogens (tertiary/aromatic N) is 2. The van der Waals surface area contributed by atoms with Gasteiger partial charge in [-0.2, -0.15) is 0 Å². The third-order valence-corrected chi connectivity index (χ3v) is 3.83. The zero-order chi connectivity index (χ0) is 19.3. The van der Waals surface area contributed by atoms with Crippen LogP contribution in [-0.2, 0) is 4.79 Å². The first-order valence-corrected chi connectivity index (χ1v) is 8.31. The lowest BCUT2D eigenvalue weighted by Crippen LogP contribution is -2.10. The number of nitro groups is 1. The monoisotopic (exact) mass is 375 g/mol. The first kappa shape index (κ1) is 19.4. The van der Waals surface area contributed by atoms with E-state index in [1.54, 1.807) is 31.2 Å². The molecule has 26 heavy (non-hydrogen) atoms. The van der Waals surface area contributed by atoms with Crippen molar-refractivity contribution in [1.29, 1.82) is 0 Å². The second-order valence-corrected chi connectivity index (χ2v) is 6.11. The molecule has 2 rings (SSSR count). The first-order chi connectivity index (χ1) is 12.3. The Labute approximate surface area is 155 Å². The van der Waals surface area contributed by atoms with Gasteiger partial charge in [-0.15, -0.1) is 0 Å². The Hall–Kier alpha value is -2.93. The summed E-state index contributed by atoms with van der Waals surface area (Å²) in [4.78, 5) is 26.2. The van der Waals surface area contributed by atoms with Crippen molar-refractivity contribution in [2.75, 3.05) is 5.32 Å². The maximum absolute atomic E-state index is 11.7. The second kappa shape index (κ2) is 8.44. The third-order valence-electron chi connectivity index (χ3n) is 3.51. The highest BCUT2D eigenvalue weighted by molar-refractivity contribution is 6.33. The Balaban J connectivity index is 2.33. The number of amides is 1. The van der Waals surface area contributed by atoms with Crippen molar-refractivity contribution >= 4 is 40.8 Å². The number of phenols is 1. The van der Waals surface area contributed by atoms with E-state index in [0.29, 0.717) is 28.4 Å². The van der Waals surface area contributed by atoms with Gasteiger partial charge in [0, 0.05) is 30.0 Å². The zero-order valence-corrected chi connectivity index (χ0v) is 15.1. The molecule has 0 aliphatic rings. The van der Waals surface area contributed by atoms with Crippen LogP contribution >= 0.6 is 11.6 Å². The minimum atomic E-state index is -0.656. The van der Waals surface area contributed by atoms with Crippen LogP contribution in [0.25, 0.3) is 0 Å². The number of aryl methyl sites for hydroxylation is 1. The summed E-state index contributed by atoms with van der Waals surface area (Å²) in [5, 5.41) is 24.1. The number of anilines is 1. The molecule has 0 unspecified atom stereocenters. The molecule has 0 aliphatic heterocycles. The van der Waals surface area contributed by atoms with Crippen LogP contribution in [0.2, 0.25) is 5.02 Å². The Bertz CT molecular complexity index is 881. The molecule has 2 aromatic carbocycles. The van der Waals surface area contributed by atoms with Crippen molar-refractivity contribution in [2.24, 2.45) is 4.99 Å². The average molecular weight is 376 g/mol. The number of carbonyl (C=O) groups is 1. The van der Waals surface area contributed by atoms with E-state index in [2.05, 4.69) is 10.3 Å². The molecule has 0 heterocycles. The van der Waals surface area contributed by atoms with Gasteiger partial charge in [-0.3, -0.25) is 19.9 Å². The lowest BCUT2D eigenvalue weighted by molar-refractivity contribution is -0.385. The molecule has 136 valence electrons. The Kier molecular flexibility index (Phi) is 6.30. The summed E-state index contributed by atoms with van der Waals surface area (Å²) < 4.78 is 0. The summed E-state index contributed by atoms with van der Waals surface area (Å²) in [6.45, 7) is 3.59. The maximum Gasteiger partial charge on any atom is 0.311 e. The fraction of sp³-hybridized carbons (Fsp3) is 0.222. The number of nitro benzene ring substituents is 1. The molecule has 0 atom stereocenters. The summed E-state index contributed by atoms with van der Waals surface area (Å²) >= 11 is 6.12. The lowest BCUT2D eigenvalue weighted by atomic mass is 10.1. The number of nitrogens with one attached hydrogen (secondary N) is 1. The smallest absolute Gasteiger partial charge is 0.311 e. The van der Waals surface area contributed by atoms with Crippen LogP contribution < -0.4 is 5.32 Å². The molecule has 0 fully saturated rings. The van der Waals surface area contributed by atoms with Crippen molar-refractivity contribution in [3.8, 4) is 5.75 Å². The van der Waals surface area contributed by atoms with Gasteiger partial charge in [0.05, 0.1) is 15.6 Å². The van der Waals surface area contributed by atoms with E-state index in [0.717, 1.165) is 6.42 Å². The van der Waals surface area contributed by atoms with Crippen LogP contribution in [0.3, 0.4) is 0 Å². The number of aliphatic imine (C=N–C) groups is 1. The number of rotatable bonds is 6. The number of halogens is 1. The Morgan fingerprint density at radius 2 is 2.12 bits per heavy atom. The average Bonchev–Trinajstić information content (AvgIpc) is 2.57. The highest BCUT2D eigenvalue weighted by Crippen LogP contribution is 2.32. The topological polar surface area (TPSA) is 105 Å². The number of hydrogen-bond acceptors (Lipinski definition) is 5. The van der Waals surface area contributed by atoms with E-state index in [1.807, 2.05) is 6.92 Å². The van der Waals surface area contributed by atoms with E-state index in [4.69, 9.17) is 11.6 Å². The van der Waals surface area contributed by atoms with Gasteiger partial charge in [-0.25, -0.2) is 0 Å². The summed E-state index contributed by atoms with van der Waals surface area (Å²) in [5.41, 5.74) is 1.33. The van der Waals surface area contributed by atoms with Gasteiger partial charge in [-0.1, -0.05) is 18.5 Å². The molecule has 0 bridgehead atoms. The molecule has 0 radical (unpaired) electrons. The molecule has 0 aromatic heterocycles. The van der Waals surface area contributed by atoms with Crippen molar-refractivity contribution in [1.82, 2.24) is 0 Å². The van der Waals surface area contributed by atoms with Crippen LogP contribution in [0.5, 0.6) is 5.75 Å². The molecule has 0 saturated carbocycles. The molecule has 0 spiro atoms. The van der Waals surface area contributed by atoms with Gasteiger partial charge in [-0.05, 0) is 43.2 Å². The summed E-state index contributed by atoms with van der Waals surface area (Å²) in [5.74, 6) is -0.579. The molecule has 7 nitrogen and oxygen atoms in total. The predicted molar refractivity (Wildman–Crippen MR) is 102 cm³/mol. The van der Waals surface area contributed by atoms with Gasteiger partial charge in [0.15, 0.2) is 0 Å².